The highest BCUT2D eigenvalue weighted by atomic mass is 79.9. The Morgan fingerprint density at radius 3 is 2.45 bits per heavy atom. The van der Waals surface area contributed by atoms with E-state index in [1.54, 1.807) is 6.07 Å². The van der Waals surface area contributed by atoms with Crippen LogP contribution in [0, 0.1) is 5.82 Å². The van der Waals surface area contributed by atoms with Gasteiger partial charge in [-0.2, -0.15) is 0 Å². The van der Waals surface area contributed by atoms with Gasteiger partial charge in [0.25, 0.3) is 10.0 Å². The van der Waals surface area contributed by atoms with Crippen molar-refractivity contribution < 1.29 is 12.8 Å². The number of rotatable bonds is 3. The van der Waals surface area contributed by atoms with Crippen LogP contribution in [0.2, 0.25) is 0 Å². The quantitative estimate of drug-likeness (QED) is 0.738. The summed E-state index contributed by atoms with van der Waals surface area (Å²) in [6.45, 7) is 0. The molecular weight excluding hydrogens is 415 g/mol. The van der Waals surface area contributed by atoms with Crippen LogP contribution >= 0.6 is 31.9 Å². The summed E-state index contributed by atoms with van der Waals surface area (Å²) < 4.78 is 41.1. The first-order chi connectivity index (χ1) is 9.31. The number of hydrogen-bond donors (Lipinski definition) is 2. The topological polar surface area (TPSA) is 72.2 Å². The summed E-state index contributed by atoms with van der Waals surface area (Å²) in [4.78, 5) is -0.0624. The van der Waals surface area contributed by atoms with Gasteiger partial charge in [-0.25, -0.2) is 12.8 Å². The Hall–Kier alpha value is -1.12. The normalized spacial score (nSPS) is 11.3. The van der Waals surface area contributed by atoms with Gasteiger partial charge in [-0.1, -0.05) is 6.07 Å². The first kappa shape index (κ1) is 15.3. The summed E-state index contributed by atoms with van der Waals surface area (Å²) in [5.74, 6) is -0.678. The van der Waals surface area contributed by atoms with E-state index in [9.17, 15) is 12.8 Å². The Morgan fingerprint density at radius 2 is 1.80 bits per heavy atom. The number of para-hydroxylation sites is 1. The summed E-state index contributed by atoms with van der Waals surface area (Å²) in [5, 5.41) is 0. The third-order valence-corrected chi connectivity index (χ3v) is 5.45. The number of sulfonamides is 1. The number of halogens is 3. The maximum atomic E-state index is 13.7. The zero-order valence-electron chi connectivity index (χ0n) is 9.90. The van der Waals surface area contributed by atoms with Gasteiger partial charge in [0.2, 0.25) is 0 Å². The van der Waals surface area contributed by atoms with Crippen molar-refractivity contribution in [3.05, 3.63) is 51.2 Å². The van der Waals surface area contributed by atoms with Crippen molar-refractivity contribution >= 4 is 53.3 Å². The van der Waals surface area contributed by atoms with E-state index < -0.39 is 15.8 Å². The predicted octanol–water partition coefficient (Wildman–Crippen LogP) is 3.73. The predicted molar refractivity (Wildman–Crippen MR) is 83.5 cm³/mol. The van der Waals surface area contributed by atoms with E-state index in [4.69, 9.17) is 5.73 Å². The molecule has 0 bridgehead atoms. The largest absolute Gasteiger partial charge is 0.399 e. The van der Waals surface area contributed by atoms with Gasteiger partial charge < -0.3 is 5.73 Å². The van der Waals surface area contributed by atoms with Crippen molar-refractivity contribution in [2.45, 2.75) is 4.90 Å². The molecule has 2 aromatic carbocycles. The van der Waals surface area contributed by atoms with E-state index in [1.165, 1.54) is 24.3 Å². The third kappa shape index (κ3) is 3.13. The fourth-order valence-corrected chi connectivity index (χ4v) is 4.17. The van der Waals surface area contributed by atoms with Crippen molar-refractivity contribution in [3.63, 3.8) is 0 Å². The second-order valence-electron chi connectivity index (χ2n) is 3.89. The zero-order chi connectivity index (χ0) is 14.9. The molecule has 0 saturated carbocycles. The molecule has 0 spiro atoms. The van der Waals surface area contributed by atoms with Crippen molar-refractivity contribution in [1.82, 2.24) is 0 Å². The first-order valence-electron chi connectivity index (χ1n) is 5.33. The SMILES string of the molecule is Nc1ccc(Br)c(S(=O)(=O)Nc2c(F)cccc2Br)c1. The lowest BCUT2D eigenvalue weighted by Crippen LogP contribution is -2.15. The molecule has 0 unspecified atom stereocenters. The maximum Gasteiger partial charge on any atom is 0.263 e. The molecular formula is C12H9Br2FN2O2S. The van der Waals surface area contributed by atoms with E-state index in [0.29, 0.717) is 14.6 Å². The molecule has 0 aliphatic heterocycles. The van der Waals surface area contributed by atoms with Crippen molar-refractivity contribution in [2.75, 3.05) is 10.5 Å². The lowest BCUT2D eigenvalue weighted by Gasteiger charge is -2.12. The molecule has 0 atom stereocenters. The van der Waals surface area contributed by atoms with E-state index >= 15 is 0 Å². The van der Waals surface area contributed by atoms with Crippen LogP contribution < -0.4 is 10.5 Å². The van der Waals surface area contributed by atoms with Gasteiger partial charge in [-0.05, 0) is 62.2 Å². The summed E-state index contributed by atoms with van der Waals surface area (Å²) in [6, 6.07) is 8.53. The molecule has 106 valence electrons. The van der Waals surface area contributed by atoms with E-state index in [0.717, 1.165) is 6.07 Å². The molecule has 0 heterocycles. The third-order valence-electron chi connectivity index (χ3n) is 2.44. The summed E-state index contributed by atoms with van der Waals surface area (Å²) in [7, 11) is -3.96. The number of benzene rings is 2. The van der Waals surface area contributed by atoms with Gasteiger partial charge in [-0.15, -0.1) is 0 Å². The van der Waals surface area contributed by atoms with E-state index in [2.05, 4.69) is 36.6 Å². The molecule has 0 aliphatic carbocycles. The fraction of sp³-hybridized carbons (Fsp3) is 0. The Kier molecular flexibility index (Phi) is 4.36. The lowest BCUT2D eigenvalue weighted by atomic mass is 10.3. The molecule has 2 aromatic rings. The molecule has 20 heavy (non-hydrogen) atoms. The van der Waals surface area contributed by atoms with Crippen LogP contribution in [0.4, 0.5) is 15.8 Å². The smallest absolute Gasteiger partial charge is 0.263 e. The maximum absolute atomic E-state index is 13.7. The summed E-state index contributed by atoms with van der Waals surface area (Å²) in [5.41, 5.74) is 5.72. The number of nitrogen functional groups attached to an aromatic ring is 1. The van der Waals surface area contributed by atoms with Crippen LogP contribution in [-0.4, -0.2) is 8.42 Å². The summed E-state index contributed by atoms with van der Waals surface area (Å²) >= 11 is 6.24. The Morgan fingerprint density at radius 1 is 1.10 bits per heavy atom. The minimum absolute atomic E-state index is 0.0624. The van der Waals surface area contributed by atoms with Crippen molar-refractivity contribution in [3.8, 4) is 0 Å². The Labute approximate surface area is 132 Å². The minimum Gasteiger partial charge on any atom is -0.399 e. The highest BCUT2D eigenvalue weighted by Crippen LogP contribution is 2.30. The lowest BCUT2D eigenvalue weighted by molar-refractivity contribution is 0.598. The molecule has 0 saturated heterocycles. The van der Waals surface area contributed by atoms with E-state index in [1.807, 2.05) is 0 Å². The summed E-state index contributed by atoms with van der Waals surface area (Å²) in [6.07, 6.45) is 0. The average molecular weight is 424 g/mol. The van der Waals surface area contributed by atoms with Crippen molar-refractivity contribution in [1.29, 1.82) is 0 Å². The van der Waals surface area contributed by atoms with Gasteiger partial charge in [0.05, 0.1) is 5.69 Å². The van der Waals surface area contributed by atoms with Crippen LogP contribution in [0.5, 0.6) is 0 Å². The first-order valence-corrected chi connectivity index (χ1v) is 8.40. The average Bonchev–Trinajstić information content (AvgIpc) is 2.37. The molecule has 0 amide bonds. The second-order valence-corrected chi connectivity index (χ2v) is 7.25. The number of anilines is 2. The highest BCUT2D eigenvalue weighted by Gasteiger charge is 2.21. The molecule has 2 rings (SSSR count). The van der Waals surface area contributed by atoms with Crippen LogP contribution in [0.25, 0.3) is 0 Å². The Bertz CT molecular complexity index is 746. The van der Waals surface area contributed by atoms with Crippen LogP contribution in [-0.2, 0) is 10.0 Å². The van der Waals surface area contributed by atoms with Gasteiger partial charge >= 0.3 is 0 Å². The fourth-order valence-electron chi connectivity index (χ4n) is 1.51. The second kappa shape index (κ2) is 5.71. The number of nitrogens with two attached hydrogens (primary N) is 1. The number of nitrogens with one attached hydrogen (secondary N) is 1. The molecule has 4 nitrogen and oxygen atoms in total. The van der Waals surface area contributed by atoms with Crippen LogP contribution in [0.3, 0.4) is 0 Å². The van der Waals surface area contributed by atoms with Crippen LogP contribution in [0.15, 0.2) is 50.2 Å². The molecule has 0 aliphatic rings. The standard InChI is InChI=1S/C12H9Br2FN2O2S/c13-8-5-4-7(16)6-11(8)20(18,19)17-12-9(14)2-1-3-10(12)15/h1-6,17H,16H2. The zero-order valence-corrected chi connectivity index (χ0v) is 13.9. The molecule has 3 N–H and O–H groups in total. The molecule has 8 heteroatoms. The van der Waals surface area contributed by atoms with Crippen molar-refractivity contribution in [2.24, 2.45) is 0 Å². The Balaban J connectivity index is 2.49. The monoisotopic (exact) mass is 422 g/mol. The molecule has 0 radical (unpaired) electrons. The van der Waals surface area contributed by atoms with Gasteiger partial charge in [0.1, 0.15) is 10.7 Å². The van der Waals surface area contributed by atoms with Gasteiger partial charge in [0, 0.05) is 14.6 Å². The van der Waals surface area contributed by atoms with Gasteiger partial charge in [-0.3, -0.25) is 4.72 Å². The molecule has 0 aromatic heterocycles. The van der Waals surface area contributed by atoms with Crippen LogP contribution in [0.1, 0.15) is 0 Å². The number of hydrogen-bond acceptors (Lipinski definition) is 3. The van der Waals surface area contributed by atoms with Gasteiger partial charge in [0.15, 0.2) is 0 Å². The molecule has 0 fully saturated rings. The minimum atomic E-state index is -3.96. The van der Waals surface area contributed by atoms with E-state index in [-0.39, 0.29) is 10.6 Å². The highest BCUT2D eigenvalue weighted by molar-refractivity contribution is 9.11.